The van der Waals surface area contributed by atoms with Crippen LogP contribution < -0.4 is 0 Å². The number of amides is 1. The first kappa shape index (κ1) is 16.4. The van der Waals surface area contributed by atoms with Crippen molar-refractivity contribution in [3.63, 3.8) is 0 Å². The van der Waals surface area contributed by atoms with Crippen molar-refractivity contribution < 1.29 is 4.79 Å². The number of carbonyl (C=O) groups is 1. The van der Waals surface area contributed by atoms with Crippen molar-refractivity contribution >= 4 is 33.2 Å². The predicted molar refractivity (Wildman–Crippen MR) is 105 cm³/mol. The van der Waals surface area contributed by atoms with E-state index in [0.717, 1.165) is 42.2 Å². The third-order valence-corrected chi connectivity index (χ3v) is 6.05. The molecule has 25 heavy (non-hydrogen) atoms. The number of fused-ring (bicyclic) bond motifs is 2. The number of carbonyl (C=O) groups excluding carboxylic acids is 1. The molecule has 0 spiro atoms. The second kappa shape index (κ2) is 6.68. The van der Waals surface area contributed by atoms with Crippen molar-refractivity contribution in [1.82, 2.24) is 9.88 Å². The van der Waals surface area contributed by atoms with Crippen LogP contribution in [0.3, 0.4) is 0 Å². The fourth-order valence-electron chi connectivity index (χ4n) is 3.93. The van der Waals surface area contributed by atoms with E-state index in [-0.39, 0.29) is 6.04 Å². The first-order valence-electron chi connectivity index (χ1n) is 8.78. The third kappa shape index (κ3) is 2.89. The molecule has 3 nitrogen and oxygen atoms in total. The Morgan fingerprint density at radius 2 is 2.12 bits per heavy atom. The summed E-state index contributed by atoms with van der Waals surface area (Å²) in [5.41, 5.74) is 6.39. The maximum atomic E-state index is 11.7. The number of aromatic nitrogens is 1. The standard InChI is InChI=1S/C21H21BrN2O/c1-2-14-9-15-7-8-24(13-25)21(18(15)11-19(14)22)10-16-12-23-20-6-4-3-5-17(16)20/h3-6,9,11-13,21,23H,2,7-8,10H2,1H3. The Hall–Kier alpha value is -2.07. The lowest BCUT2D eigenvalue weighted by Gasteiger charge is -2.35. The fraction of sp³-hybridized carbons (Fsp3) is 0.286. The van der Waals surface area contributed by atoms with Gasteiger partial charge in [-0.25, -0.2) is 0 Å². The Labute approximate surface area is 156 Å². The van der Waals surface area contributed by atoms with Crippen LogP contribution in [0.4, 0.5) is 0 Å². The van der Waals surface area contributed by atoms with Gasteiger partial charge in [0, 0.05) is 28.1 Å². The molecule has 4 heteroatoms. The van der Waals surface area contributed by atoms with Crippen molar-refractivity contribution in [3.8, 4) is 0 Å². The van der Waals surface area contributed by atoms with Crippen molar-refractivity contribution in [2.75, 3.05) is 6.54 Å². The minimum atomic E-state index is 0.0858. The number of aromatic amines is 1. The smallest absolute Gasteiger partial charge is 0.210 e. The molecule has 4 rings (SSSR count). The summed E-state index contributed by atoms with van der Waals surface area (Å²) in [7, 11) is 0. The molecule has 1 aliphatic rings. The zero-order chi connectivity index (χ0) is 17.4. The number of benzene rings is 2. The minimum Gasteiger partial charge on any atom is -0.361 e. The summed E-state index contributed by atoms with van der Waals surface area (Å²) in [5.74, 6) is 0. The highest BCUT2D eigenvalue weighted by atomic mass is 79.9. The minimum absolute atomic E-state index is 0.0858. The topological polar surface area (TPSA) is 36.1 Å². The number of para-hydroxylation sites is 1. The summed E-state index contributed by atoms with van der Waals surface area (Å²) in [6, 6.07) is 13.0. The lowest BCUT2D eigenvalue weighted by Crippen LogP contribution is -2.35. The maximum Gasteiger partial charge on any atom is 0.210 e. The molecule has 1 aromatic heterocycles. The highest BCUT2D eigenvalue weighted by Crippen LogP contribution is 2.36. The first-order valence-corrected chi connectivity index (χ1v) is 9.57. The summed E-state index contributed by atoms with van der Waals surface area (Å²) in [6.45, 7) is 2.96. The number of nitrogens with zero attached hydrogens (tertiary/aromatic N) is 1. The van der Waals surface area contributed by atoms with Crippen LogP contribution in [0.1, 0.15) is 35.2 Å². The molecule has 1 aliphatic heterocycles. The molecular weight excluding hydrogens is 376 g/mol. The van der Waals surface area contributed by atoms with Crippen molar-refractivity contribution in [1.29, 1.82) is 0 Å². The molecule has 0 radical (unpaired) electrons. The van der Waals surface area contributed by atoms with Gasteiger partial charge in [0.1, 0.15) is 0 Å². The monoisotopic (exact) mass is 396 g/mol. The van der Waals surface area contributed by atoms with Crippen LogP contribution in [-0.4, -0.2) is 22.8 Å². The van der Waals surface area contributed by atoms with Gasteiger partial charge < -0.3 is 9.88 Å². The molecule has 1 unspecified atom stereocenters. The number of nitrogens with one attached hydrogen (secondary N) is 1. The molecule has 128 valence electrons. The van der Waals surface area contributed by atoms with Gasteiger partial charge in [-0.3, -0.25) is 4.79 Å². The van der Waals surface area contributed by atoms with Crippen LogP contribution in [0, 0.1) is 0 Å². The summed E-state index contributed by atoms with van der Waals surface area (Å²) >= 11 is 3.71. The highest BCUT2D eigenvalue weighted by molar-refractivity contribution is 9.10. The largest absolute Gasteiger partial charge is 0.361 e. The predicted octanol–water partition coefficient (Wildman–Crippen LogP) is 4.79. The van der Waals surface area contributed by atoms with E-state index in [2.05, 4.69) is 64.4 Å². The van der Waals surface area contributed by atoms with Gasteiger partial charge >= 0.3 is 0 Å². The van der Waals surface area contributed by atoms with Crippen LogP contribution in [0.25, 0.3) is 10.9 Å². The molecule has 0 saturated heterocycles. The molecule has 2 heterocycles. The van der Waals surface area contributed by atoms with Gasteiger partial charge in [0.15, 0.2) is 0 Å². The lowest BCUT2D eigenvalue weighted by atomic mass is 9.87. The Balaban J connectivity index is 1.77. The van der Waals surface area contributed by atoms with Gasteiger partial charge in [-0.05, 0) is 53.6 Å². The number of rotatable bonds is 4. The average Bonchev–Trinajstić information content (AvgIpc) is 3.05. The van der Waals surface area contributed by atoms with E-state index >= 15 is 0 Å². The molecule has 0 bridgehead atoms. The van der Waals surface area contributed by atoms with Gasteiger partial charge in [0.25, 0.3) is 0 Å². The van der Waals surface area contributed by atoms with E-state index in [4.69, 9.17) is 0 Å². The fourth-order valence-corrected chi connectivity index (χ4v) is 4.57. The molecule has 1 amide bonds. The molecule has 3 aromatic rings. The maximum absolute atomic E-state index is 11.7. The number of hydrogen-bond acceptors (Lipinski definition) is 1. The van der Waals surface area contributed by atoms with Crippen molar-refractivity contribution in [2.24, 2.45) is 0 Å². The molecule has 1 N–H and O–H groups in total. The third-order valence-electron chi connectivity index (χ3n) is 5.31. The number of H-pyrrole nitrogens is 1. The number of halogens is 1. The molecule has 0 fully saturated rings. The molecule has 0 saturated carbocycles. The first-order chi connectivity index (χ1) is 12.2. The van der Waals surface area contributed by atoms with Crippen LogP contribution in [0.2, 0.25) is 0 Å². The Morgan fingerprint density at radius 3 is 2.92 bits per heavy atom. The highest BCUT2D eigenvalue weighted by Gasteiger charge is 2.28. The summed E-state index contributed by atoms with van der Waals surface area (Å²) < 4.78 is 1.14. The van der Waals surface area contributed by atoms with Crippen molar-refractivity contribution in [2.45, 2.75) is 32.2 Å². The Morgan fingerprint density at radius 1 is 1.28 bits per heavy atom. The van der Waals surface area contributed by atoms with E-state index in [1.165, 1.54) is 27.6 Å². The van der Waals surface area contributed by atoms with E-state index in [9.17, 15) is 4.79 Å². The summed E-state index contributed by atoms with van der Waals surface area (Å²) in [6.07, 6.45) is 5.85. The second-order valence-electron chi connectivity index (χ2n) is 6.67. The van der Waals surface area contributed by atoms with Crippen LogP contribution in [-0.2, 0) is 24.1 Å². The SMILES string of the molecule is CCc1cc2c(cc1Br)C(Cc1c[nH]c3ccccc13)N(C=O)CC2. The zero-order valence-corrected chi connectivity index (χ0v) is 15.8. The van der Waals surface area contributed by atoms with E-state index < -0.39 is 0 Å². The van der Waals surface area contributed by atoms with E-state index in [1.54, 1.807) is 0 Å². The Bertz CT molecular complexity index is 931. The summed E-state index contributed by atoms with van der Waals surface area (Å²) in [4.78, 5) is 17.0. The van der Waals surface area contributed by atoms with Crippen LogP contribution in [0.5, 0.6) is 0 Å². The second-order valence-corrected chi connectivity index (χ2v) is 7.52. The molecule has 0 aliphatic carbocycles. The van der Waals surface area contributed by atoms with Gasteiger partial charge in [-0.1, -0.05) is 47.1 Å². The van der Waals surface area contributed by atoms with Gasteiger partial charge in [-0.2, -0.15) is 0 Å². The van der Waals surface area contributed by atoms with Gasteiger partial charge in [0.05, 0.1) is 6.04 Å². The number of hydrogen-bond donors (Lipinski definition) is 1. The lowest BCUT2D eigenvalue weighted by molar-refractivity contribution is -0.120. The molecular formula is C21H21BrN2O. The van der Waals surface area contributed by atoms with Gasteiger partial charge in [0.2, 0.25) is 6.41 Å². The normalized spacial score (nSPS) is 16.9. The quantitative estimate of drug-likeness (QED) is 0.632. The van der Waals surface area contributed by atoms with Crippen LogP contribution >= 0.6 is 15.9 Å². The zero-order valence-electron chi connectivity index (χ0n) is 14.3. The Kier molecular flexibility index (Phi) is 4.38. The van der Waals surface area contributed by atoms with E-state index in [0.29, 0.717) is 0 Å². The van der Waals surface area contributed by atoms with Crippen LogP contribution in [0.15, 0.2) is 47.1 Å². The summed E-state index contributed by atoms with van der Waals surface area (Å²) in [5, 5.41) is 1.24. The molecule has 1 atom stereocenters. The van der Waals surface area contributed by atoms with Gasteiger partial charge in [-0.15, -0.1) is 0 Å². The van der Waals surface area contributed by atoms with Crippen molar-refractivity contribution in [3.05, 3.63) is 69.3 Å². The average molecular weight is 397 g/mol. The molecule has 2 aromatic carbocycles. The van der Waals surface area contributed by atoms with E-state index in [1.807, 2.05) is 11.0 Å². The number of aryl methyl sites for hydroxylation is 1.